The maximum Gasteiger partial charge on any atom is 0.335 e. The number of aromatic nitrogens is 2. The molecule has 1 amide bonds. The Morgan fingerprint density at radius 1 is 0.654 bits per heavy atom. The highest BCUT2D eigenvalue weighted by molar-refractivity contribution is 7.90. The van der Waals surface area contributed by atoms with Crippen LogP contribution in [0.2, 0.25) is 0 Å². The van der Waals surface area contributed by atoms with Crippen molar-refractivity contribution >= 4 is 76.7 Å². The van der Waals surface area contributed by atoms with Crippen molar-refractivity contribution in [2.24, 2.45) is 0 Å². The number of thiocarbonyl (C=S) groups is 1. The molecule has 0 spiro atoms. The number of sulfone groups is 1. The van der Waals surface area contributed by atoms with Crippen molar-refractivity contribution in [1.82, 2.24) is 24.9 Å². The van der Waals surface area contributed by atoms with E-state index in [1.165, 1.54) is 0 Å². The first-order valence-corrected chi connectivity index (χ1v) is 28.0. The lowest BCUT2D eigenvalue weighted by Gasteiger charge is -2.45. The Balaban J connectivity index is 1.08. The van der Waals surface area contributed by atoms with E-state index in [0.717, 1.165) is 54.4 Å². The van der Waals surface area contributed by atoms with Gasteiger partial charge in [0.05, 0.1) is 26.4 Å². The maximum atomic E-state index is 12.4. The minimum atomic E-state index is -3.63. The molecule has 1 saturated carbocycles. The number of benzene rings is 2. The number of carbonyl (C=O) groups is 7. The van der Waals surface area contributed by atoms with Gasteiger partial charge in [-0.3, -0.25) is 38.5 Å². The van der Waals surface area contributed by atoms with Crippen LogP contribution in [0.25, 0.3) is 11.5 Å². The predicted octanol–water partition coefficient (Wildman–Crippen LogP) is 4.21. The first kappa shape index (κ1) is 64.4. The molecule has 3 atom stereocenters. The molecule has 24 nitrogen and oxygen atoms in total. The van der Waals surface area contributed by atoms with Gasteiger partial charge in [-0.15, -0.1) is 5.10 Å². The third kappa shape index (κ3) is 25.1. The number of hydrogen-bond acceptors (Lipinski definition) is 24. The molecule has 430 valence electrons. The molecule has 1 aliphatic rings. The average Bonchev–Trinajstić information content (AvgIpc) is 4.00. The molecule has 0 unspecified atom stereocenters. The fourth-order valence-corrected chi connectivity index (χ4v) is 9.40. The van der Waals surface area contributed by atoms with E-state index in [1.807, 2.05) is 29.2 Å². The second kappa shape index (κ2) is 37.6. The molecule has 0 saturated heterocycles. The highest BCUT2D eigenvalue weighted by Crippen LogP contribution is 2.29. The van der Waals surface area contributed by atoms with Crippen LogP contribution in [0.1, 0.15) is 88.2 Å². The Bertz CT molecular complexity index is 2360. The number of rotatable bonds is 46. The largest absolute Gasteiger partial charge is 0.452 e. The molecule has 78 heavy (non-hydrogen) atoms. The first-order chi connectivity index (χ1) is 37.9. The van der Waals surface area contributed by atoms with Crippen molar-refractivity contribution < 1.29 is 84.3 Å². The lowest BCUT2D eigenvalue weighted by Crippen LogP contribution is -2.58. The fraction of sp³-hybridized carbons (Fsp3) is 0.577. The van der Waals surface area contributed by atoms with Crippen LogP contribution in [0.4, 0.5) is 5.69 Å². The Hall–Kier alpha value is -6.13. The second-order valence-electron chi connectivity index (χ2n) is 18.3. The van der Waals surface area contributed by atoms with Gasteiger partial charge in [-0.05, 0) is 91.6 Å². The summed E-state index contributed by atoms with van der Waals surface area (Å²) in [4.78, 5) is 87.4. The molecular weight excluding hydrogens is 1060 g/mol. The summed E-state index contributed by atoms with van der Waals surface area (Å²) in [7, 11) is -3.63. The van der Waals surface area contributed by atoms with E-state index in [1.54, 1.807) is 34.1 Å². The molecule has 26 heteroatoms. The van der Waals surface area contributed by atoms with E-state index < -0.39 is 21.1 Å². The number of carbonyl (C=O) groups excluding carboxylic acids is 7. The quantitative estimate of drug-likeness (QED) is 0.0272. The third-order valence-corrected chi connectivity index (χ3v) is 13.7. The van der Waals surface area contributed by atoms with Crippen LogP contribution < -0.4 is 5.32 Å². The van der Waals surface area contributed by atoms with Gasteiger partial charge in [0.2, 0.25) is 21.6 Å². The number of nitrogens with zero attached hydrogens (tertiary/aromatic N) is 5. The fourth-order valence-electron chi connectivity index (χ4n) is 8.66. The van der Waals surface area contributed by atoms with Gasteiger partial charge in [0.15, 0.2) is 0 Å². The summed E-state index contributed by atoms with van der Waals surface area (Å²) in [5.74, 6) is -0.278. The zero-order chi connectivity index (χ0) is 56.2. The van der Waals surface area contributed by atoms with Crippen LogP contribution in [-0.4, -0.2) is 186 Å². The number of nitrogens with one attached hydrogen (secondary N) is 1. The summed E-state index contributed by atoms with van der Waals surface area (Å²) in [5, 5.41) is 9.52. The molecule has 0 radical (unpaired) electrons. The lowest BCUT2D eigenvalue weighted by atomic mass is 9.88. The monoisotopic (exact) mass is 1130 g/mol. The number of anilines is 1. The summed E-state index contributed by atoms with van der Waals surface area (Å²) in [5.41, 5.74) is 2.96. The van der Waals surface area contributed by atoms with E-state index in [-0.39, 0.29) is 82.7 Å². The van der Waals surface area contributed by atoms with E-state index in [0.29, 0.717) is 128 Å². The van der Waals surface area contributed by atoms with Crippen LogP contribution in [-0.2, 0) is 94.1 Å². The molecular formula is C52H72N6O18S2. The maximum absolute atomic E-state index is 12.4. The van der Waals surface area contributed by atoms with Crippen LogP contribution in [0, 0.1) is 0 Å². The summed E-state index contributed by atoms with van der Waals surface area (Å²) >= 11 is 5.73. The molecule has 0 aliphatic heterocycles. The van der Waals surface area contributed by atoms with Crippen molar-refractivity contribution in [2.75, 3.05) is 91.4 Å². The molecule has 1 aromatic heterocycles. The highest BCUT2D eigenvalue weighted by Gasteiger charge is 2.37. The van der Waals surface area contributed by atoms with Gasteiger partial charge in [-0.1, -0.05) is 54.4 Å². The number of amides is 1. The molecule has 1 aliphatic carbocycles. The van der Waals surface area contributed by atoms with Crippen molar-refractivity contribution in [3.05, 3.63) is 59.7 Å². The van der Waals surface area contributed by atoms with E-state index in [4.69, 9.17) is 54.5 Å². The Morgan fingerprint density at radius 3 is 1.72 bits per heavy atom. The zero-order valence-corrected chi connectivity index (χ0v) is 45.7. The van der Waals surface area contributed by atoms with Crippen molar-refractivity contribution in [2.45, 2.75) is 113 Å². The van der Waals surface area contributed by atoms with E-state index in [9.17, 15) is 42.0 Å². The third-order valence-electron chi connectivity index (χ3n) is 12.5. The number of Topliss-reactive ketones (excluding diaryl/α,β-unsaturated/α-hetero) is 1. The number of unbranched alkanes of at least 4 members (excludes halogenated alkanes) is 2. The molecule has 2 aromatic carbocycles. The summed E-state index contributed by atoms with van der Waals surface area (Å²) in [6.45, 7) is 3.93. The van der Waals surface area contributed by atoms with E-state index in [2.05, 4.69) is 15.5 Å². The summed E-state index contributed by atoms with van der Waals surface area (Å²) in [6.07, 6.45) is 9.42. The van der Waals surface area contributed by atoms with Gasteiger partial charge in [-0.2, -0.15) is 0 Å². The Labute approximate surface area is 459 Å². The molecule has 0 bridgehead atoms. The second-order valence-corrected chi connectivity index (χ2v) is 20.7. The minimum absolute atomic E-state index is 0.00885. The topological polar surface area (TPSA) is 288 Å². The van der Waals surface area contributed by atoms with Crippen LogP contribution >= 0.6 is 12.2 Å². The van der Waals surface area contributed by atoms with Gasteiger partial charge >= 0.3 is 5.22 Å². The summed E-state index contributed by atoms with van der Waals surface area (Å²) in [6, 6.07) is 13.5. The van der Waals surface area contributed by atoms with Gasteiger partial charge in [0.25, 0.3) is 32.4 Å². The minimum Gasteiger partial charge on any atom is -0.452 e. The number of ketones is 1. The van der Waals surface area contributed by atoms with Crippen molar-refractivity contribution in [3.63, 3.8) is 0 Å². The molecule has 4 rings (SSSR count). The standard InChI is InChI=1S/C52H72N6O18S2/c1-78(66,67)52-55-54-51(76-52)43-16-18-44(19-17-43)53-50(65)21-20-46(64)8-4-6-22-68-24-26-70-27-25-69-23-7-5-9-47(77)29-42-14-12-41(13-15-42)28-45(57(32-72-37-60)33-73-38-61)30-56(31-71-36-59)48-10-2-3-11-49(48)58(34-74-39-62)35-75-40-63/h12-19,36-40,45,48-49H,2-11,20-35H2,1H3,(H,53,65)/t45-,48+,49+/m0/s1. The molecule has 1 fully saturated rings. The normalized spacial score (nSPS) is 14.8. The van der Waals surface area contributed by atoms with Crippen molar-refractivity contribution in [1.29, 1.82) is 0 Å². The smallest absolute Gasteiger partial charge is 0.335 e. The van der Waals surface area contributed by atoms with Gasteiger partial charge in [-0.25, -0.2) is 18.2 Å². The lowest BCUT2D eigenvalue weighted by molar-refractivity contribution is -0.152. The molecule has 1 N–H and O–H groups in total. The van der Waals surface area contributed by atoms with Crippen LogP contribution in [0.15, 0.2) is 58.2 Å². The Kier molecular flexibility index (Phi) is 31.1. The van der Waals surface area contributed by atoms with Crippen LogP contribution in [0.5, 0.6) is 0 Å². The van der Waals surface area contributed by atoms with Crippen LogP contribution in [0.3, 0.4) is 0 Å². The van der Waals surface area contributed by atoms with Gasteiger partial charge in [0, 0.05) is 81.1 Å². The predicted molar refractivity (Wildman–Crippen MR) is 283 cm³/mol. The number of hydrogen-bond donors (Lipinski definition) is 1. The molecule has 1 heterocycles. The SMILES string of the molecule is CS(=O)(=O)c1nnc(-c2ccc(NC(=O)CCC(=O)CCCCOCCOCCOCCCCC(=S)Cc3ccc(C[C@@H](CN(COC=O)[C@@H]4CCCC[C@H]4N(COC=O)COC=O)N(COC=O)COC=O)cc3)cc2)o1. The van der Waals surface area contributed by atoms with E-state index >= 15 is 0 Å². The average molecular weight is 1130 g/mol. The number of ether oxygens (including phenoxy) is 8. The summed E-state index contributed by atoms with van der Waals surface area (Å²) < 4.78 is 71.0. The first-order valence-electron chi connectivity index (χ1n) is 25.7. The molecule has 3 aromatic rings. The Morgan fingerprint density at radius 2 is 1.17 bits per heavy atom. The van der Waals surface area contributed by atoms with Gasteiger partial charge in [0.1, 0.15) is 39.4 Å². The van der Waals surface area contributed by atoms with Crippen molar-refractivity contribution in [3.8, 4) is 11.5 Å². The zero-order valence-electron chi connectivity index (χ0n) is 44.0. The highest BCUT2D eigenvalue weighted by atomic mass is 32.2. The van der Waals surface area contributed by atoms with Gasteiger partial charge < -0.3 is 47.6 Å².